The van der Waals surface area contributed by atoms with E-state index in [0.29, 0.717) is 16.5 Å². The van der Waals surface area contributed by atoms with Crippen molar-refractivity contribution in [3.8, 4) is 11.5 Å². The molecule has 19 heavy (non-hydrogen) atoms. The molecule has 2 aromatic carbocycles. The highest BCUT2D eigenvalue weighted by atomic mass is 35.5. The minimum Gasteiger partial charge on any atom is -0.455 e. The van der Waals surface area contributed by atoms with Crippen molar-refractivity contribution >= 4 is 17.3 Å². The van der Waals surface area contributed by atoms with Crippen LogP contribution in [0.25, 0.3) is 0 Å². The van der Waals surface area contributed by atoms with E-state index in [1.54, 1.807) is 18.2 Å². The normalized spacial score (nSPS) is 13.9. The second-order valence-corrected chi connectivity index (χ2v) is 5.36. The molecule has 0 unspecified atom stereocenters. The zero-order chi connectivity index (χ0) is 13.2. The van der Waals surface area contributed by atoms with Gasteiger partial charge in [0.25, 0.3) is 0 Å². The molecule has 0 radical (unpaired) electrons. The van der Waals surface area contributed by atoms with Gasteiger partial charge in [0, 0.05) is 11.1 Å². The van der Waals surface area contributed by atoms with E-state index >= 15 is 0 Å². The highest BCUT2D eigenvalue weighted by Gasteiger charge is 2.11. The van der Waals surface area contributed by atoms with E-state index in [1.807, 2.05) is 6.07 Å². The van der Waals surface area contributed by atoms with Gasteiger partial charge in [0.05, 0.1) is 5.69 Å². The molecule has 0 bridgehead atoms. The van der Waals surface area contributed by atoms with Crippen molar-refractivity contribution in [2.75, 3.05) is 5.73 Å². The smallest absolute Gasteiger partial charge is 0.151 e. The number of benzene rings is 2. The molecular weight excluding hydrogens is 258 g/mol. The summed E-state index contributed by atoms with van der Waals surface area (Å²) in [6.07, 6.45) is 4.86. The van der Waals surface area contributed by atoms with Crippen LogP contribution in [0.1, 0.15) is 24.0 Å². The number of hydrogen-bond acceptors (Lipinski definition) is 2. The number of hydrogen-bond donors (Lipinski definition) is 1. The molecule has 0 heterocycles. The standard InChI is InChI=1S/C16H16ClNO/c17-13-6-8-15(18)16(10-13)19-14-7-5-11-3-1-2-4-12(11)9-14/h5-10H,1-4,18H2. The molecule has 3 heteroatoms. The van der Waals surface area contributed by atoms with Crippen LogP contribution in [0.5, 0.6) is 11.5 Å². The highest BCUT2D eigenvalue weighted by Crippen LogP contribution is 2.32. The summed E-state index contributed by atoms with van der Waals surface area (Å²) < 4.78 is 5.85. The van der Waals surface area contributed by atoms with E-state index in [1.165, 1.54) is 30.4 Å². The Hall–Kier alpha value is -1.67. The molecule has 0 saturated carbocycles. The van der Waals surface area contributed by atoms with Crippen LogP contribution in [0.2, 0.25) is 5.02 Å². The molecule has 0 spiro atoms. The van der Waals surface area contributed by atoms with Crippen molar-refractivity contribution in [2.45, 2.75) is 25.7 Å². The van der Waals surface area contributed by atoms with Crippen LogP contribution in [0.15, 0.2) is 36.4 Å². The molecule has 1 aliphatic carbocycles. The van der Waals surface area contributed by atoms with Crippen LogP contribution in [-0.2, 0) is 12.8 Å². The molecule has 0 amide bonds. The van der Waals surface area contributed by atoms with Crippen molar-refractivity contribution < 1.29 is 4.74 Å². The first-order valence-corrected chi connectivity index (χ1v) is 6.95. The number of fused-ring (bicyclic) bond motifs is 1. The summed E-state index contributed by atoms with van der Waals surface area (Å²) in [5.74, 6) is 1.44. The van der Waals surface area contributed by atoms with Crippen LogP contribution in [0.3, 0.4) is 0 Å². The van der Waals surface area contributed by atoms with Gasteiger partial charge < -0.3 is 10.5 Å². The van der Waals surface area contributed by atoms with Gasteiger partial charge in [-0.05, 0) is 61.1 Å². The number of halogens is 1. The molecule has 2 aromatic rings. The third kappa shape index (κ3) is 2.69. The maximum Gasteiger partial charge on any atom is 0.151 e. The third-order valence-electron chi connectivity index (χ3n) is 3.52. The first-order valence-electron chi connectivity index (χ1n) is 6.57. The lowest BCUT2D eigenvalue weighted by molar-refractivity contribution is 0.483. The Bertz CT molecular complexity index is 610. The van der Waals surface area contributed by atoms with Crippen LogP contribution in [0.4, 0.5) is 5.69 Å². The lowest BCUT2D eigenvalue weighted by Gasteiger charge is -2.17. The number of aryl methyl sites for hydroxylation is 2. The average Bonchev–Trinajstić information content (AvgIpc) is 2.43. The van der Waals surface area contributed by atoms with E-state index in [9.17, 15) is 0 Å². The Morgan fingerprint density at radius 2 is 1.74 bits per heavy atom. The van der Waals surface area contributed by atoms with Crippen molar-refractivity contribution in [3.05, 3.63) is 52.5 Å². The van der Waals surface area contributed by atoms with E-state index in [-0.39, 0.29) is 0 Å². The SMILES string of the molecule is Nc1ccc(Cl)cc1Oc1ccc2c(c1)CCCC2. The minimum absolute atomic E-state index is 0.599. The molecule has 1 aliphatic rings. The van der Waals surface area contributed by atoms with Gasteiger partial charge in [0.1, 0.15) is 5.75 Å². The lowest BCUT2D eigenvalue weighted by Crippen LogP contribution is -2.02. The van der Waals surface area contributed by atoms with Crippen LogP contribution in [-0.4, -0.2) is 0 Å². The van der Waals surface area contributed by atoms with Gasteiger partial charge in [-0.2, -0.15) is 0 Å². The molecule has 0 aliphatic heterocycles. The maximum absolute atomic E-state index is 5.96. The summed E-state index contributed by atoms with van der Waals surface area (Å²) in [5.41, 5.74) is 9.33. The second-order valence-electron chi connectivity index (χ2n) is 4.92. The Kier molecular flexibility index (Phi) is 3.34. The number of anilines is 1. The monoisotopic (exact) mass is 273 g/mol. The summed E-state index contributed by atoms with van der Waals surface area (Å²) in [4.78, 5) is 0. The Balaban J connectivity index is 1.89. The van der Waals surface area contributed by atoms with Gasteiger partial charge in [0.2, 0.25) is 0 Å². The van der Waals surface area contributed by atoms with Gasteiger partial charge in [-0.3, -0.25) is 0 Å². The van der Waals surface area contributed by atoms with E-state index < -0.39 is 0 Å². The first kappa shape index (κ1) is 12.4. The average molecular weight is 274 g/mol. The second kappa shape index (κ2) is 5.14. The van der Waals surface area contributed by atoms with Crippen molar-refractivity contribution in [1.82, 2.24) is 0 Å². The third-order valence-corrected chi connectivity index (χ3v) is 3.76. The largest absolute Gasteiger partial charge is 0.455 e. The maximum atomic E-state index is 5.96. The number of nitrogen functional groups attached to an aromatic ring is 1. The highest BCUT2D eigenvalue weighted by molar-refractivity contribution is 6.30. The number of ether oxygens (including phenoxy) is 1. The molecule has 0 saturated heterocycles. The van der Waals surface area contributed by atoms with Crippen molar-refractivity contribution in [2.24, 2.45) is 0 Å². The number of nitrogens with two attached hydrogens (primary N) is 1. The van der Waals surface area contributed by atoms with E-state index in [2.05, 4.69) is 12.1 Å². The summed E-state index contributed by atoms with van der Waals surface area (Å²) in [6, 6.07) is 11.5. The Labute approximate surface area is 118 Å². The molecule has 0 fully saturated rings. The molecule has 3 rings (SSSR count). The molecule has 98 valence electrons. The van der Waals surface area contributed by atoms with Gasteiger partial charge in [-0.1, -0.05) is 17.7 Å². The molecule has 0 atom stereocenters. The Morgan fingerprint density at radius 3 is 2.58 bits per heavy atom. The fraction of sp³-hybridized carbons (Fsp3) is 0.250. The van der Waals surface area contributed by atoms with Gasteiger partial charge >= 0.3 is 0 Å². The fourth-order valence-corrected chi connectivity index (χ4v) is 2.66. The predicted molar refractivity (Wildman–Crippen MR) is 79.0 cm³/mol. The van der Waals surface area contributed by atoms with E-state index in [4.69, 9.17) is 22.1 Å². The van der Waals surface area contributed by atoms with Gasteiger partial charge in [0.15, 0.2) is 5.75 Å². The lowest BCUT2D eigenvalue weighted by atomic mass is 9.92. The molecular formula is C16H16ClNO. The topological polar surface area (TPSA) is 35.2 Å². The van der Waals surface area contributed by atoms with Crippen molar-refractivity contribution in [1.29, 1.82) is 0 Å². The quantitative estimate of drug-likeness (QED) is 0.812. The molecule has 2 N–H and O–H groups in total. The van der Waals surface area contributed by atoms with Crippen LogP contribution in [0, 0.1) is 0 Å². The summed E-state index contributed by atoms with van der Waals surface area (Å²) in [7, 11) is 0. The summed E-state index contributed by atoms with van der Waals surface area (Å²) in [6.45, 7) is 0. The minimum atomic E-state index is 0.599. The summed E-state index contributed by atoms with van der Waals surface area (Å²) >= 11 is 5.96. The van der Waals surface area contributed by atoms with Crippen LogP contribution >= 0.6 is 11.6 Å². The predicted octanol–water partition coefficient (Wildman–Crippen LogP) is 4.59. The number of rotatable bonds is 2. The fourth-order valence-electron chi connectivity index (χ4n) is 2.50. The zero-order valence-electron chi connectivity index (χ0n) is 10.7. The van der Waals surface area contributed by atoms with Crippen LogP contribution < -0.4 is 10.5 Å². The van der Waals surface area contributed by atoms with Gasteiger partial charge in [-0.15, -0.1) is 0 Å². The Morgan fingerprint density at radius 1 is 0.947 bits per heavy atom. The summed E-state index contributed by atoms with van der Waals surface area (Å²) in [5, 5.41) is 0.627. The van der Waals surface area contributed by atoms with E-state index in [0.717, 1.165) is 12.2 Å². The first-order chi connectivity index (χ1) is 9.22. The van der Waals surface area contributed by atoms with Crippen molar-refractivity contribution in [3.63, 3.8) is 0 Å². The van der Waals surface area contributed by atoms with Gasteiger partial charge in [-0.25, -0.2) is 0 Å². The molecule has 2 nitrogen and oxygen atoms in total. The zero-order valence-corrected chi connectivity index (χ0v) is 11.4. The molecule has 0 aromatic heterocycles.